The number of aryl methyl sites for hydroxylation is 1. The Morgan fingerprint density at radius 2 is 1.29 bits per heavy atom. The Hall–Kier alpha value is -5.20. The second kappa shape index (κ2) is 15.6. The molecule has 0 aliphatic heterocycles. The van der Waals surface area contributed by atoms with Crippen LogP contribution in [-0.2, 0) is 24.7 Å². The molecule has 0 bridgehead atoms. The Labute approximate surface area is 311 Å². The Kier molecular flexibility index (Phi) is 11.0. The lowest BCUT2D eigenvalue weighted by Crippen LogP contribution is -2.46. The van der Waals surface area contributed by atoms with E-state index < -0.39 is 23.7 Å². The number of benzene rings is 5. The number of ether oxygens (including phenoxy) is 2. The zero-order chi connectivity index (χ0) is 36.9. The molecule has 5 aromatic rings. The molecule has 0 fully saturated rings. The van der Waals surface area contributed by atoms with Crippen LogP contribution >= 0.6 is 11.6 Å². The molecule has 0 spiro atoms. The molecule has 0 heterocycles. The first-order valence-electron chi connectivity index (χ1n) is 17.7. The number of fused-ring (bicyclic) bond motifs is 3. The summed E-state index contributed by atoms with van der Waals surface area (Å²) in [6, 6.07) is 39.4. The normalized spacial score (nSPS) is 14.0. The molecule has 2 atom stereocenters. The number of alkyl carbamates (subject to hydrolysis) is 1. The lowest BCUT2D eigenvalue weighted by Gasteiger charge is -2.37. The average Bonchev–Trinajstić information content (AvgIpc) is 3.45. The third-order valence-electron chi connectivity index (χ3n) is 9.50. The van der Waals surface area contributed by atoms with Gasteiger partial charge in [-0.25, -0.2) is 9.59 Å². The summed E-state index contributed by atoms with van der Waals surface area (Å²) in [4.78, 5) is 41.4. The lowest BCUT2D eigenvalue weighted by atomic mass is 9.79. The topological polar surface area (TPSA) is 81.7 Å². The first kappa shape index (κ1) is 36.6. The zero-order valence-corrected chi connectivity index (χ0v) is 30.8. The van der Waals surface area contributed by atoms with E-state index in [4.69, 9.17) is 21.1 Å². The third-order valence-corrected chi connectivity index (χ3v) is 9.83. The number of ketones is 1. The van der Waals surface area contributed by atoms with E-state index in [1.807, 2.05) is 137 Å². The van der Waals surface area contributed by atoms with E-state index in [1.165, 1.54) is 0 Å². The van der Waals surface area contributed by atoms with Gasteiger partial charge in [0.05, 0.1) is 0 Å². The molecule has 1 amide bonds. The van der Waals surface area contributed by atoms with Crippen LogP contribution in [0.1, 0.15) is 79.3 Å². The van der Waals surface area contributed by atoms with Gasteiger partial charge in [0.25, 0.3) is 0 Å². The number of hydrogen-bond acceptors (Lipinski definition) is 5. The zero-order valence-electron chi connectivity index (χ0n) is 30.0. The standard InChI is InChI=1S/C45H44ClNO5/c1-30-22-24-32(25-23-30)45(31-14-6-5-7-15-31,39-20-12-13-21-40(39)46)52-42(49)41(27-26-33(48)28-44(2,3)4)47-43(50)51-29-38-36-18-10-8-16-34(36)35-17-9-11-19-37(35)38/h5-25,38,41H,26-29H2,1-4H3,(H,47,50)/t41-,45?/m0/s1. The molecule has 1 unspecified atom stereocenters. The number of rotatable bonds is 12. The lowest BCUT2D eigenvalue weighted by molar-refractivity contribution is -0.156. The molecule has 52 heavy (non-hydrogen) atoms. The van der Waals surface area contributed by atoms with Crippen molar-refractivity contribution in [3.63, 3.8) is 0 Å². The van der Waals surface area contributed by atoms with Gasteiger partial charge in [-0.1, -0.05) is 159 Å². The number of esters is 1. The van der Waals surface area contributed by atoms with Gasteiger partial charge in [0.1, 0.15) is 18.4 Å². The van der Waals surface area contributed by atoms with Crippen molar-refractivity contribution in [1.29, 1.82) is 0 Å². The quantitative estimate of drug-likeness (QED) is 0.103. The van der Waals surface area contributed by atoms with E-state index in [1.54, 1.807) is 6.07 Å². The molecule has 266 valence electrons. The smallest absolute Gasteiger partial charge is 0.407 e. The predicted molar refractivity (Wildman–Crippen MR) is 205 cm³/mol. The molecule has 1 aliphatic carbocycles. The maximum Gasteiger partial charge on any atom is 0.407 e. The first-order chi connectivity index (χ1) is 25.0. The fraction of sp³-hybridized carbons (Fsp3) is 0.267. The van der Waals surface area contributed by atoms with Gasteiger partial charge in [0.2, 0.25) is 0 Å². The number of nitrogens with one attached hydrogen (secondary N) is 1. The van der Waals surface area contributed by atoms with Gasteiger partial charge in [-0.2, -0.15) is 0 Å². The van der Waals surface area contributed by atoms with Crippen LogP contribution in [0.2, 0.25) is 5.02 Å². The highest BCUT2D eigenvalue weighted by Gasteiger charge is 2.44. The number of carbonyl (C=O) groups excluding carboxylic acids is 3. The molecule has 1 N–H and O–H groups in total. The highest BCUT2D eigenvalue weighted by atomic mass is 35.5. The van der Waals surface area contributed by atoms with Crippen LogP contribution in [0.3, 0.4) is 0 Å². The van der Waals surface area contributed by atoms with E-state index in [2.05, 4.69) is 17.4 Å². The second-order valence-corrected chi connectivity index (χ2v) is 15.1. The summed E-state index contributed by atoms with van der Waals surface area (Å²) in [5.74, 6) is -0.899. The maximum absolute atomic E-state index is 14.6. The Balaban J connectivity index is 1.32. The van der Waals surface area contributed by atoms with Crippen LogP contribution in [0.25, 0.3) is 11.1 Å². The predicted octanol–water partition coefficient (Wildman–Crippen LogP) is 10.2. The van der Waals surface area contributed by atoms with Crippen molar-refractivity contribution < 1.29 is 23.9 Å². The maximum atomic E-state index is 14.6. The SMILES string of the molecule is Cc1ccc(C(OC(=O)[C@H](CCC(=O)CC(C)(C)C)NC(=O)OCC2c3ccccc3-c3ccccc32)(c2ccccc2)c2ccccc2Cl)cc1. The summed E-state index contributed by atoms with van der Waals surface area (Å²) in [6.45, 7) is 8.03. The molecule has 0 radical (unpaired) electrons. The molecular weight excluding hydrogens is 670 g/mol. The summed E-state index contributed by atoms with van der Waals surface area (Å²) in [6.07, 6.45) is -0.351. The van der Waals surface area contributed by atoms with Gasteiger partial charge in [-0.15, -0.1) is 0 Å². The van der Waals surface area contributed by atoms with Crippen molar-refractivity contribution >= 4 is 29.4 Å². The highest BCUT2D eigenvalue weighted by molar-refractivity contribution is 6.31. The first-order valence-corrected chi connectivity index (χ1v) is 18.1. The molecule has 0 saturated heterocycles. The van der Waals surface area contributed by atoms with Crippen molar-refractivity contribution in [2.24, 2.45) is 5.41 Å². The van der Waals surface area contributed by atoms with Gasteiger partial charge in [0.15, 0.2) is 5.60 Å². The minimum absolute atomic E-state index is 0.0152. The molecule has 6 rings (SSSR count). The highest BCUT2D eigenvalue weighted by Crippen LogP contribution is 2.45. The summed E-state index contributed by atoms with van der Waals surface area (Å²) in [5.41, 5.74) is 5.59. The van der Waals surface area contributed by atoms with Gasteiger partial charge in [0, 0.05) is 40.5 Å². The molecule has 6 nitrogen and oxygen atoms in total. The van der Waals surface area contributed by atoms with E-state index in [0.717, 1.165) is 27.8 Å². The third kappa shape index (κ3) is 7.98. The van der Waals surface area contributed by atoms with Crippen LogP contribution < -0.4 is 5.32 Å². The fourth-order valence-corrected chi connectivity index (χ4v) is 7.37. The number of amides is 1. The van der Waals surface area contributed by atoms with E-state index in [0.29, 0.717) is 28.1 Å². The fourth-order valence-electron chi connectivity index (χ4n) is 7.10. The van der Waals surface area contributed by atoms with E-state index >= 15 is 0 Å². The van der Waals surface area contributed by atoms with Crippen LogP contribution in [0.5, 0.6) is 0 Å². The van der Waals surface area contributed by atoms with Crippen molar-refractivity contribution in [3.05, 3.63) is 166 Å². The van der Waals surface area contributed by atoms with Crippen molar-refractivity contribution in [1.82, 2.24) is 5.32 Å². The number of carbonyl (C=O) groups is 3. The van der Waals surface area contributed by atoms with Crippen molar-refractivity contribution in [2.75, 3.05) is 6.61 Å². The molecule has 5 aromatic carbocycles. The molecule has 1 aliphatic rings. The minimum Gasteiger partial charge on any atom is -0.449 e. The van der Waals surface area contributed by atoms with Crippen molar-refractivity contribution in [2.45, 2.75) is 64.5 Å². The van der Waals surface area contributed by atoms with Crippen LogP contribution in [0, 0.1) is 12.3 Å². The van der Waals surface area contributed by atoms with Crippen LogP contribution in [0.15, 0.2) is 127 Å². The molecule has 0 aromatic heterocycles. The summed E-state index contributed by atoms with van der Waals surface area (Å²) in [5, 5.41) is 3.19. The molecule has 7 heteroatoms. The number of hydrogen-bond donors (Lipinski definition) is 1. The van der Waals surface area contributed by atoms with E-state index in [-0.39, 0.29) is 36.6 Å². The monoisotopic (exact) mass is 713 g/mol. The minimum atomic E-state index is -1.49. The van der Waals surface area contributed by atoms with Crippen LogP contribution in [-0.4, -0.2) is 30.5 Å². The van der Waals surface area contributed by atoms with Gasteiger partial charge < -0.3 is 14.8 Å². The molecule has 0 saturated carbocycles. The summed E-state index contributed by atoms with van der Waals surface area (Å²) >= 11 is 6.90. The number of Topliss-reactive ketones (excluding diaryl/α,β-unsaturated/α-hetero) is 1. The second-order valence-electron chi connectivity index (χ2n) is 14.7. The average molecular weight is 714 g/mol. The van der Waals surface area contributed by atoms with E-state index in [9.17, 15) is 14.4 Å². The summed E-state index contributed by atoms with van der Waals surface area (Å²) in [7, 11) is 0. The molecular formula is C45H44ClNO5. The summed E-state index contributed by atoms with van der Waals surface area (Å²) < 4.78 is 12.5. The largest absolute Gasteiger partial charge is 0.449 e. The number of halogens is 1. The van der Waals surface area contributed by atoms with Crippen LogP contribution in [0.4, 0.5) is 4.79 Å². The Morgan fingerprint density at radius 1 is 0.731 bits per heavy atom. The Morgan fingerprint density at radius 3 is 1.90 bits per heavy atom. The van der Waals surface area contributed by atoms with Gasteiger partial charge in [-0.3, -0.25) is 4.79 Å². The van der Waals surface area contributed by atoms with Crippen molar-refractivity contribution in [3.8, 4) is 11.1 Å². The Bertz CT molecular complexity index is 2010. The van der Waals surface area contributed by atoms with Gasteiger partial charge >= 0.3 is 12.1 Å². The van der Waals surface area contributed by atoms with Gasteiger partial charge in [-0.05, 0) is 47.1 Å².